The molecule has 1 heterocycles. The Balaban J connectivity index is 0.000000323. The lowest BCUT2D eigenvalue weighted by Gasteiger charge is -2.20. The van der Waals surface area contributed by atoms with Crippen molar-refractivity contribution in [2.75, 3.05) is 6.54 Å². The van der Waals surface area contributed by atoms with Crippen LogP contribution in [0.25, 0.3) is 11.1 Å². The highest BCUT2D eigenvalue weighted by Gasteiger charge is 2.39. The van der Waals surface area contributed by atoms with Crippen molar-refractivity contribution in [3.63, 3.8) is 0 Å². The lowest BCUT2D eigenvalue weighted by atomic mass is 9.78. The lowest BCUT2D eigenvalue weighted by molar-refractivity contribution is -0.144. The van der Waals surface area contributed by atoms with Crippen molar-refractivity contribution in [3.05, 3.63) is 88.5 Å². The minimum absolute atomic E-state index is 0.0589. The number of nitrogens with zero attached hydrogens (tertiary/aromatic N) is 1. The van der Waals surface area contributed by atoms with Crippen molar-refractivity contribution in [1.29, 1.82) is 0 Å². The van der Waals surface area contributed by atoms with Gasteiger partial charge in [0, 0.05) is 13.1 Å². The van der Waals surface area contributed by atoms with Crippen LogP contribution >= 0.6 is 0 Å². The number of rotatable bonds is 5. The van der Waals surface area contributed by atoms with Crippen LogP contribution in [0.1, 0.15) is 40.7 Å². The van der Waals surface area contributed by atoms with Crippen LogP contribution in [0.5, 0.6) is 0 Å². The van der Waals surface area contributed by atoms with Gasteiger partial charge in [-0.2, -0.15) is 52.7 Å². The van der Waals surface area contributed by atoms with Crippen LogP contribution in [0.2, 0.25) is 0 Å². The fourth-order valence-electron chi connectivity index (χ4n) is 4.69. The number of amides is 2. The van der Waals surface area contributed by atoms with E-state index in [1.807, 2.05) is 0 Å². The zero-order valence-electron chi connectivity index (χ0n) is 24.4. The van der Waals surface area contributed by atoms with Crippen LogP contribution in [0.4, 0.5) is 57.5 Å². The van der Waals surface area contributed by atoms with E-state index < -0.39 is 77.6 Å². The van der Waals surface area contributed by atoms with Gasteiger partial charge in [0.25, 0.3) is 0 Å². The van der Waals surface area contributed by atoms with E-state index in [0.29, 0.717) is 30.5 Å². The van der Waals surface area contributed by atoms with Crippen molar-refractivity contribution < 1.29 is 77.4 Å². The van der Waals surface area contributed by atoms with E-state index in [-0.39, 0.29) is 48.5 Å². The summed E-state index contributed by atoms with van der Waals surface area (Å²) >= 11 is 0. The van der Waals surface area contributed by atoms with Crippen molar-refractivity contribution in [3.8, 4) is 11.1 Å². The lowest BCUT2D eigenvalue weighted by Crippen LogP contribution is -2.45. The summed E-state index contributed by atoms with van der Waals surface area (Å²) in [6, 6.07) is 6.63. The van der Waals surface area contributed by atoms with Crippen LogP contribution in [0, 0.1) is 0 Å². The molecule has 1 aliphatic heterocycles. The number of benzene rings is 3. The highest BCUT2D eigenvalue weighted by molar-refractivity contribution is 6.58. The number of alkyl halides is 12. The minimum atomic E-state index is -5.00. The van der Waals surface area contributed by atoms with Crippen LogP contribution in [0.3, 0.4) is 0 Å². The molecule has 0 saturated carbocycles. The van der Waals surface area contributed by atoms with Gasteiger partial charge in [-0.25, -0.2) is 4.79 Å². The molecule has 4 rings (SSSR count). The van der Waals surface area contributed by atoms with E-state index in [0.717, 1.165) is 4.90 Å². The molecule has 7 nitrogen and oxygen atoms in total. The molecule has 1 fully saturated rings. The average molecular weight is 718 g/mol. The van der Waals surface area contributed by atoms with Gasteiger partial charge in [-0.15, -0.1) is 0 Å². The molecule has 2 amide bonds. The molecule has 0 bridgehead atoms. The van der Waals surface area contributed by atoms with Gasteiger partial charge in [0.2, 0.25) is 5.91 Å². The van der Waals surface area contributed by atoms with Gasteiger partial charge in [-0.1, -0.05) is 30.3 Å². The minimum Gasteiger partial charge on any atom is -0.465 e. The highest BCUT2D eigenvalue weighted by atomic mass is 19.4. The molecule has 3 aromatic rings. The molecule has 0 spiro atoms. The zero-order valence-corrected chi connectivity index (χ0v) is 24.4. The summed E-state index contributed by atoms with van der Waals surface area (Å²) in [5.41, 5.74) is -6.61. The maximum atomic E-state index is 13.1. The number of hydrogen-bond acceptors (Lipinski definition) is 4. The Labute approximate surface area is 268 Å². The van der Waals surface area contributed by atoms with Crippen LogP contribution < -0.4 is 10.8 Å². The molecule has 0 radical (unpaired) electrons. The molecule has 0 aliphatic carbocycles. The predicted octanol–water partition coefficient (Wildman–Crippen LogP) is 6.55. The first kappa shape index (κ1) is 39.0. The van der Waals surface area contributed by atoms with Gasteiger partial charge in [-0.3, -0.25) is 9.69 Å². The summed E-state index contributed by atoms with van der Waals surface area (Å²) in [5.74, 6) is -0.520. The van der Waals surface area contributed by atoms with Gasteiger partial charge in [0.05, 0.1) is 22.3 Å². The monoisotopic (exact) mass is 718 g/mol. The number of carboxylic acid groups (broad SMARTS) is 1. The average Bonchev–Trinajstić information content (AvgIpc) is 3.49. The predicted molar refractivity (Wildman–Crippen MR) is 148 cm³/mol. The fraction of sp³-hybridized carbons (Fsp3) is 0.310. The SMILES string of the molecule is O=C(NCc1cccc(-c2cc(C(F)(F)F)cc(C(F)(F)F)c2)c1)[C@@H]1CCCN1C(=O)O.OB(O)c1cc(C(F)(F)F)cc(C(F)(F)F)c1. The molecule has 1 atom stereocenters. The number of hydrogen-bond donors (Lipinski definition) is 4. The summed E-state index contributed by atoms with van der Waals surface area (Å²) < 4.78 is 152. The first-order valence-corrected chi connectivity index (χ1v) is 13.7. The topological polar surface area (TPSA) is 110 Å². The largest absolute Gasteiger partial charge is 0.488 e. The summed E-state index contributed by atoms with van der Waals surface area (Å²) in [6.07, 6.45) is -20.2. The van der Waals surface area contributed by atoms with Crippen LogP contribution in [0.15, 0.2) is 60.7 Å². The van der Waals surface area contributed by atoms with Crippen LogP contribution in [-0.2, 0) is 36.0 Å². The third-order valence-corrected chi connectivity index (χ3v) is 7.02. The number of nitrogens with one attached hydrogen (secondary N) is 1. The molecule has 4 N–H and O–H groups in total. The van der Waals surface area contributed by atoms with Crippen molar-refractivity contribution in [2.45, 2.75) is 50.1 Å². The first-order chi connectivity index (χ1) is 22.4. The van der Waals surface area contributed by atoms with Gasteiger partial charge < -0.3 is 20.5 Å². The van der Waals surface area contributed by atoms with E-state index in [1.54, 1.807) is 6.07 Å². The quantitative estimate of drug-likeness (QED) is 0.177. The molecule has 1 saturated heterocycles. The molecule has 0 unspecified atom stereocenters. The van der Waals surface area contributed by atoms with Crippen LogP contribution in [-0.4, -0.2) is 51.8 Å². The smallest absolute Gasteiger partial charge is 0.465 e. The van der Waals surface area contributed by atoms with Crippen molar-refractivity contribution in [2.24, 2.45) is 0 Å². The van der Waals surface area contributed by atoms with E-state index in [9.17, 15) is 62.3 Å². The zero-order chi connectivity index (χ0) is 37.1. The molecular formula is C29H23BF12N2O5. The Hall–Kier alpha value is -4.46. The molecule has 20 heteroatoms. The van der Waals surface area contributed by atoms with Gasteiger partial charge >= 0.3 is 37.9 Å². The maximum Gasteiger partial charge on any atom is 0.488 e. The van der Waals surface area contributed by atoms with E-state index in [2.05, 4.69) is 5.32 Å². The third-order valence-electron chi connectivity index (χ3n) is 7.02. The van der Waals surface area contributed by atoms with Gasteiger partial charge in [0.15, 0.2) is 0 Å². The van der Waals surface area contributed by atoms with Gasteiger partial charge in [0.1, 0.15) is 6.04 Å². The first-order valence-electron chi connectivity index (χ1n) is 13.7. The molecular weight excluding hydrogens is 695 g/mol. The molecule has 1 aliphatic rings. The Kier molecular flexibility index (Phi) is 11.6. The molecule has 266 valence electrons. The molecule has 49 heavy (non-hydrogen) atoms. The van der Waals surface area contributed by atoms with Gasteiger partial charge in [-0.05, 0) is 65.3 Å². The third kappa shape index (κ3) is 10.5. The van der Waals surface area contributed by atoms with E-state index in [1.165, 1.54) is 18.2 Å². The number of carbonyl (C=O) groups excluding carboxylic acids is 1. The van der Waals surface area contributed by atoms with Crippen molar-refractivity contribution >= 4 is 24.6 Å². The number of halogens is 12. The Bertz CT molecular complexity index is 1590. The second-order valence-electron chi connectivity index (χ2n) is 10.6. The number of likely N-dealkylation sites (tertiary alicyclic amines) is 1. The Morgan fingerprint density at radius 2 is 1.18 bits per heavy atom. The maximum absolute atomic E-state index is 13.1. The summed E-state index contributed by atoms with van der Waals surface area (Å²) in [7, 11) is -2.40. The van der Waals surface area contributed by atoms with E-state index >= 15 is 0 Å². The highest BCUT2D eigenvalue weighted by Crippen LogP contribution is 2.39. The second-order valence-corrected chi connectivity index (χ2v) is 10.6. The van der Waals surface area contributed by atoms with Crippen molar-refractivity contribution in [1.82, 2.24) is 10.2 Å². The summed E-state index contributed by atoms with van der Waals surface area (Å²) in [5, 5.41) is 28.9. The summed E-state index contributed by atoms with van der Waals surface area (Å²) in [4.78, 5) is 24.5. The molecule has 0 aromatic heterocycles. The summed E-state index contributed by atoms with van der Waals surface area (Å²) in [6.45, 7) is 0.168. The molecule has 3 aromatic carbocycles. The normalized spacial score (nSPS) is 15.4. The fourth-order valence-corrected chi connectivity index (χ4v) is 4.69. The standard InChI is InChI=1S/C21H18F6N2O3.C8H5BF6O2/c22-20(23,24)15-8-14(9-16(10-15)21(25,26)27)13-4-1-3-12(7-13)11-28-18(30)17-5-2-6-29(17)19(31)32;10-7(11,12)4-1-5(8(13,14)15)3-6(2-4)9(16)17/h1,3-4,7-10,17H,2,5-6,11H2,(H,28,30)(H,31,32);1-3,16-17H/t17-;/m0./s1. The number of carbonyl (C=O) groups is 2. The second kappa shape index (κ2) is 14.6. The Morgan fingerprint density at radius 1 is 0.714 bits per heavy atom. The Morgan fingerprint density at radius 3 is 1.61 bits per heavy atom. The van der Waals surface area contributed by atoms with E-state index in [4.69, 9.17) is 15.2 Å².